The number of hydrogen-bond acceptors (Lipinski definition) is 9. The maximum absolute atomic E-state index is 12.9. The number of aromatic nitrogens is 2. The molecule has 2 unspecified atom stereocenters. The summed E-state index contributed by atoms with van der Waals surface area (Å²) in [7, 11) is 0. The Balaban J connectivity index is 1.40. The van der Waals surface area contributed by atoms with Gasteiger partial charge >= 0.3 is 5.97 Å². The van der Waals surface area contributed by atoms with Gasteiger partial charge in [-0.15, -0.1) is 0 Å². The van der Waals surface area contributed by atoms with Crippen LogP contribution < -0.4 is 20.4 Å². The van der Waals surface area contributed by atoms with Crippen molar-refractivity contribution in [2.75, 3.05) is 31.1 Å². The second-order valence-electron chi connectivity index (χ2n) is 9.54. The van der Waals surface area contributed by atoms with Crippen molar-refractivity contribution in [3.63, 3.8) is 0 Å². The number of aromatic carboxylic acids is 1. The minimum atomic E-state index is -1.29. The lowest BCUT2D eigenvalue weighted by molar-refractivity contribution is -0.132. The van der Waals surface area contributed by atoms with Crippen molar-refractivity contribution in [1.82, 2.24) is 19.6 Å². The van der Waals surface area contributed by atoms with Gasteiger partial charge in [0.15, 0.2) is 5.50 Å². The van der Waals surface area contributed by atoms with Crippen LogP contribution in [-0.2, 0) is 9.53 Å². The lowest BCUT2D eigenvalue weighted by Crippen LogP contribution is -2.62. The van der Waals surface area contributed by atoms with Crippen molar-refractivity contribution < 1.29 is 19.4 Å². The number of aryl methyl sites for hydroxylation is 1. The maximum atomic E-state index is 12.9. The molecule has 0 saturated carbocycles. The monoisotopic (exact) mass is 500 g/mol. The van der Waals surface area contributed by atoms with Crippen molar-refractivity contribution in [1.29, 1.82) is 0 Å². The molecule has 0 spiro atoms. The fourth-order valence-corrected chi connectivity index (χ4v) is 5.46. The molecule has 11 nitrogen and oxygen atoms in total. The molecule has 186 valence electrons. The highest BCUT2D eigenvalue weighted by Crippen LogP contribution is 2.36. The summed E-state index contributed by atoms with van der Waals surface area (Å²) in [6, 6.07) is 1.77. The van der Waals surface area contributed by atoms with E-state index in [2.05, 4.69) is 15.0 Å². The van der Waals surface area contributed by atoms with Crippen LogP contribution in [0.3, 0.4) is 0 Å². The number of fused-ring (bicyclic) bond motifs is 1. The van der Waals surface area contributed by atoms with E-state index in [-0.39, 0.29) is 23.0 Å². The first-order valence-corrected chi connectivity index (χ1v) is 12.5. The number of carbonyl (C=O) groups excluding carboxylic acids is 1. The van der Waals surface area contributed by atoms with Crippen molar-refractivity contribution in [3.8, 4) is 0 Å². The molecule has 3 aliphatic heterocycles. The quantitative estimate of drug-likeness (QED) is 0.505. The summed E-state index contributed by atoms with van der Waals surface area (Å²) in [5.41, 5.74) is -0.958. The zero-order chi connectivity index (χ0) is 24.7. The third-order valence-corrected chi connectivity index (χ3v) is 7.58. The van der Waals surface area contributed by atoms with E-state index in [4.69, 9.17) is 9.72 Å². The molecule has 5 rings (SSSR count). The van der Waals surface area contributed by atoms with Crippen molar-refractivity contribution in [2.45, 2.75) is 44.7 Å². The predicted molar refractivity (Wildman–Crippen MR) is 133 cm³/mol. The molecule has 1 amide bonds. The van der Waals surface area contributed by atoms with Crippen LogP contribution in [0.4, 0.5) is 5.82 Å². The first-order chi connectivity index (χ1) is 16.8. The smallest absolute Gasteiger partial charge is 0.341 e. The van der Waals surface area contributed by atoms with Gasteiger partial charge in [0, 0.05) is 32.4 Å². The summed E-state index contributed by atoms with van der Waals surface area (Å²) < 4.78 is 10.2. The van der Waals surface area contributed by atoms with Gasteiger partial charge in [0.25, 0.3) is 0 Å². The molecule has 2 aromatic heterocycles. The Kier molecular flexibility index (Phi) is 6.18. The molecule has 0 aliphatic carbocycles. The Morgan fingerprint density at radius 2 is 2.17 bits per heavy atom. The van der Waals surface area contributed by atoms with Gasteiger partial charge in [-0.3, -0.25) is 14.2 Å². The van der Waals surface area contributed by atoms with Gasteiger partial charge in [0.2, 0.25) is 11.3 Å². The standard InChI is InChI=1S/C23H28N6O5S/c1-13-7-16(28-10-23(2,11-28)21(33)24-8-14-5-3-4-6-34-14)27-19-17(13)18(30)15(20(31)32)9-29(19)22-25-12-26-35-22/h7,9,12,14,22H,3-6,8,10-11H2,1-2H3,(H,24,33)(H,25,26)(H,31,32). The number of aliphatic imine (C=N–C) groups is 1. The molecule has 2 aromatic rings. The number of carbonyl (C=O) groups is 2. The van der Waals surface area contributed by atoms with E-state index in [1.807, 2.05) is 11.8 Å². The van der Waals surface area contributed by atoms with Crippen molar-refractivity contribution >= 4 is 47.0 Å². The summed E-state index contributed by atoms with van der Waals surface area (Å²) >= 11 is 1.28. The van der Waals surface area contributed by atoms with Gasteiger partial charge in [-0.2, -0.15) is 0 Å². The zero-order valence-electron chi connectivity index (χ0n) is 19.6. The summed E-state index contributed by atoms with van der Waals surface area (Å²) in [5.74, 6) is -0.671. The third kappa shape index (κ3) is 4.36. The second kappa shape index (κ2) is 9.15. The largest absolute Gasteiger partial charge is 0.477 e. The highest BCUT2D eigenvalue weighted by Gasteiger charge is 2.46. The molecule has 0 radical (unpaired) electrons. The predicted octanol–water partition coefficient (Wildman–Crippen LogP) is 1.65. The van der Waals surface area contributed by atoms with Crippen LogP contribution in [0.25, 0.3) is 11.0 Å². The molecule has 35 heavy (non-hydrogen) atoms. The summed E-state index contributed by atoms with van der Waals surface area (Å²) in [4.78, 5) is 48.6. The number of amides is 1. The molecule has 2 fully saturated rings. The molecule has 0 bridgehead atoms. The number of hydrogen-bond donors (Lipinski definition) is 3. The average molecular weight is 501 g/mol. The fraction of sp³-hybridized carbons (Fsp3) is 0.522. The summed E-state index contributed by atoms with van der Waals surface area (Å²) in [6.45, 7) is 5.93. The van der Waals surface area contributed by atoms with Crippen LogP contribution >= 0.6 is 11.9 Å². The molecule has 2 saturated heterocycles. The number of rotatable bonds is 6. The van der Waals surface area contributed by atoms with E-state index >= 15 is 0 Å². The topological polar surface area (TPSA) is 138 Å². The zero-order valence-corrected chi connectivity index (χ0v) is 20.4. The number of carboxylic acid groups (broad SMARTS) is 1. The number of ether oxygens (including phenoxy) is 1. The molecule has 5 heterocycles. The van der Waals surface area contributed by atoms with Gasteiger partial charge < -0.3 is 24.8 Å². The summed E-state index contributed by atoms with van der Waals surface area (Å²) in [5, 5.41) is 12.9. The highest BCUT2D eigenvalue weighted by atomic mass is 32.2. The van der Waals surface area contributed by atoms with Crippen LogP contribution in [0.1, 0.15) is 47.6 Å². The molecular weight excluding hydrogens is 472 g/mol. The third-order valence-electron chi connectivity index (χ3n) is 6.78. The number of anilines is 1. The van der Waals surface area contributed by atoms with Crippen LogP contribution in [0.5, 0.6) is 0 Å². The molecule has 12 heteroatoms. The number of nitrogens with zero attached hydrogens (tertiary/aromatic N) is 4. The first-order valence-electron chi connectivity index (χ1n) is 11.6. The maximum Gasteiger partial charge on any atom is 0.341 e. The fourth-order valence-electron chi connectivity index (χ4n) is 4.82. The Morgan fingerprint density at radius 1 is 1.37 bits per heavy atom. The molecular formula is C23H28N6O5S. The highest BCUT2D eigenvalue weighted by molar-refractivity contribution is 7.98. The average Bonchev–Trinajstić information content (AvgIpc) is 3.35. The minimum absolute atomic E-state index is 0.00814. The van der Waals surface area contributed by atoms with Crippen LogP contribution in [0.2, 0.25) is 0 Å². The number of nitrogens with one attached hydrogen (secondary N) is 2. The first kappa shape index (κ1) is 23.6. The Bertz CT molecular complexity index is 1270. The van der Waals surface area contributed by atoms with Crippen LogP contribution in [0, 0.1) is 12.3 Å². The van der Waals surface area contributed by atoms with Crippen molar-refractivity contribution in [3.05, 3.63) is 33.6 Å². The van der Waals surface area contributed by atoms with Gasteiger partial charge in [-0.1, -0.05) is 0 Å². The van der Waals surface area contributed by atoms with Crippen molar-refractivity contribution in [2.24, 2.45) is 10.4 Å². The minimum Gasteiger partial charge on any atom is -0.477 e. The lowest BCUT2D eigenvalue weighted by atomic mass is 9.80. The number of pyridine rings is 2. The Hall–Kier alpha value is -3.12. The lowest BCUT2D eigenvalue weighted by Gasteiger charge is -2.47. The van der Waals surface area contributed by atoms with Gasteiger partial charge in [0.1, 0.15) is 17.0 Å². The van der Waals surface area contributed by atoms with Gasteiger partial charge in [0.05, 0.1) is 23.2 Å². The molecule has 2 atom stereocenters. The van der Waals surface area contributed by atoms with E-state index in [1.54, 1.807) is 17.6 Å². The Labute approximate surface area is 206 Å². The Morgan fingerprint density at radius 3 is 2.83 bits per heavy atom. The van der Waals surface area contributed by atoms with E-state index in [1.165, 1.54) is 24.5 Å². The molecule has 3 aliphatic rings. The van der Waals surface area contributed by atoms with E-state index in [0.717, 1.165) is 25.9 Å². The van der Waals surface area contributed by atoms with Crippen LogP contribution in [0.15, 0.2) is 22.1 Å². The molecule has 3 N–H and O–H groups in total. The van der Waals surface area contributed by atoms with E-state index in [0.29, 0.717) is 36.7 Å². The van der Waals surface area contributed by atoms with Gasteiger partial charge in [-0.25, -0.2) is 14.8 Å². The van der Waals surface area contributed by atoms with Crippen LogP contribution in [-0.4, -0.2) is 65.2 Å². The summed E-state index contributed by atoms with van der Waals surface area (Å²) in [6.07, 6.45) is 6.06. The van der Waals surface area contributed by atoms with Gasteiger partial charge in [-0.05, 0) is 56.7 Å². The molecule has 0 aromatic carbocycles. The normalized spacial score (nSPS) is 23.1. The van der Waals surface area contributed by atoms with E-state index in [9.17, 15) is 19.5 Å². The SMILES string of the molecule is Cc1cc(N2CC(C)(C(=O)NCC3CCCCO3)C2)nc2c1c(=O)c(C(=O)O)cn2C1N=CNS1. The van der Waals surface area contributed by atoms with E-state index < -0.39 is 22.3 Å². The number of carboxylic acids is 1. The second-order valence-corrected chi connectivity index (χ2v) is 10.4.